The van der Waals surface area contributed by atoms with Gasteiger partial charge in [-0.1, -0.05) is 23.4 Å². The zero-order chi connectivity index (χ0) is 22.0. The summed E-state index contributed by atoms with van der Waals surface area (Å²) >= 11 is 7.30. The average molecular weight is 451 g/mol. The maximum Gasteiger partial charge on any atom is 0.426 e. The number of hydrogen-bond acceptors (Lipinski definition) is 4. The van der Waals surface area contributed by atoms with Gasteiger partial charge < -0.3 is 15.7 Å². The van der Waals surface area contributed by atoms with Crippen molar-refractivity contribution in [2.24, 2.45) is 0 Å². The second-order valence-electron chi connectivity index (χ2n) is 6.06. The second kappa shape index (κ2) is 8.60. The molecule has 2 amide bonds. The summed E-state index contributed by atoms with van der Waals surface area (Å²) < 4.78 is 51.6. The highest BCUT2D eigenvalue weighted by molar-refractivity contribution is 7.99. The van der Waals surface area contributed by atoms with Gasteiger partial charge in [-0.3, -0.25) is 9.59 Å². The van der Waals surface area contributed by atoms with E-state index in [1.165, 1.54) is 43.3 Å². The molecule has 0 aliphatic carbocycles. The lowest BCUT2D eigenvalue weighted by Crippen LogP contribution is -2.52. The van der Waals surface area contributed by atoms with Gasteiger partial charge in [-0.2, -0.15) is 13.2 Å². The van der Waals surface area contributed by atoms with Gasteiger partial charge in [-0.15, -0.1) is 0 Å². The van der Waals surface area contributed by atoms with E-state index in [-0.39, 0.29) is 16.4 Å². The molecule has 2 aromatic rings. The van der Waals surface area contributed by atoms with Crippen molar-refractivity contribution < 1.29 is 32.3 Å². The lowest BCUT2D eigenvalue weighted by Gasteiger charge is -2.25. The molecule has 3 N–H and O–H groups in total. The fourth-order valence-electron chi connectivity index (χ4n) is 2.03. The first-order chi connectivity index (χ1) is 13.3. The molecule has 2 rings (SSSR count). The molecule has 0 aromatic heterocycles. The molecule has 0 saturated heterocycles. The van der Waals surface area contributed by atoms with Crippen LogP contribution in [0.5, 0.6) is 0 Å². The summed E-state index contributed by atoms with van der Waals surface area (Å²) in [6.07, 6.45) is -5.21. The van der Waals surface area contributed by atoms with Crippen molar-refractivity contribution >= 4 is 46.6 Å². The van der Waals surface area contributed by atoms with Crippen molar-refractivity contribution in [2.75, 3.05) is 10.6 Å². The number of anilines is 2. The van der Waals surface area contributed by atoms with Crippen LogP contribution < -0.4 is 10.6 Å². The van der Waals surface area contributed by atoms with Crippen LogP contribution in [0.1, 0.15) is 13.8 Å². The standard InChI is InChI=1S/C18H15ClF4N2O3S/c1-9(26)24-15-13(29-11-5-3-10(20)4-6-11)8-7-12(14(15)19)25-16(27)17(2,28)18(21,22)23/h3-8,28H,1-2H3,(H,24,26)(H,25,27)/t17-/m1/s1. The number of carbonyl (C=O) groups excluding carboxylic acids is 2. The Morgan fingerprint density at radius 3 is 2.17 bits per heavy atom. The van der Waals surface area contributed by atoms with Crippen LogP contribution in [0.15, 0.2) is 46.2 Å². The van der Waals surface area contributed by atoms with Crippen LogP contribution in [-0.2, 0) is 9.59 Å². The van der Waals surface area contributed by atoms with Gasteiger partial charge >= 0.3 is 6.18 Å². The predicted molar refractivity (Wildman–Crippen MR) is 102 cm³/mol. The minimum absolute atomic E-state index is 0.0398. The Kier molecular flexibility index (Phi) is 6.82. The van der Waals surface area contributed by atoms with Crippen LogP contribution in [-0.4, -0.2) is 28.7 Å². The molecule has 29 heavy (non-hydrogen) atoms. The summed E-state index contributed by atoms with van der Waals surface area (Å²) in [5.41, 5.74) is -3.85. The third-order valence-corrected chi connectivity index (χ3v) is 5.15. The Bertz CT molecular complexity index is 934. The van der Waals surface area contributed by atoms with Gasteiger partial charge in [0.15, 0.2) is 0 Å². The van der Waals surface area contributed by atoms with Crippen molar-refractivity contribution in [1.82, 2.24) is 0 Å². The molecule has 156 valence electrons. The van der Waals surface area contributed by atoms with Crippen LogP contribution in [0.2, 0.25) is 5.02 Å². The lowest BCUT2D eigenvalue weighted by atomic mass is 10.1. The summed E-state index contributed by atoms with van der Waals surface area (Å²) in [7, 11) is 0. The van der Waals surface area contributed by atoms with Gasteiger partial charge in [0.05, 0.1) is 16.4 Å². The molecule has 0 spiro atoms. The summed E-state index contributed by atoms with van der Waals surface area (Å²) in [6.45, 7) is 1.51. The van der Waals surface area contributed by atoms with Gasteiger partial charge in [0.2, 0.25) is 11.5 Å². The molecule has 0 radical (unpaired) electrons. The average Bonchev–Trinajstić information content (AvgIpc) is 2.60. The zero-order valence-electron chi connectivity index (χ0n) is 15.0. The highest BCUT2D eigenvalue weighted by atomic mass is 35.5. The smallest absolute Gasteiger partial charge is 0.373 e. The van der Waals surface area contributed by atoms with E-state index >= 15 is 0 Å². The maximum atomic E-state index is 13.1. The number of nitrogens with one attached hydrogen (secondary N) is 2. The quantitative estimate of drug-likeness (QED) is 0.569. The topological polar surface area (TPSA) is 78.4 Å². The highest BCUT2D eigenvalue weighted by Gasteiger charge is 2.55. The molecule has 0 bridgehead atoms. The number of carbonyl (C=O) groups is 2. The van der Waals surface area contributed by atoms with Crippen molar-refractivity contribution in [3.05, 3.63) is 47.2 Å². The third kappa shape index (κ3) is 5.40. The fourth-order valence-corrected chi connectivity index (χ4v) is 3.27. The SMILES string of the molecule is CC(=O)Nc1c(Sc2ccc(F)cc2)ccc(NC(=O)[C@@](C)(O)C(F)(F)F)c1Cl. The Labute approximate surface area is 172 Å². The summed E-state index contributed by atoms with van der Waals surface area (Å²) in [5.74, 6) is -2.69. The van der Waals surface area contributed by atoms with Crippen LogP contribution in [0, 0.1) is 5.82 Å². The number of alkyl halides is 3. The molecular weight excluding hydrogens is 436 g/mol. The largest absolute Gasteiger partial charge is 0.426 e. The van der Waals surface area contributed by atoms with Gasteiger partial charge in [0, 0.05) is 16.7 Å². The lowest BCUT2D eigenvalue weighted by molar-refractivity contribution is -0.242. The van der Waals surface area contributed by atoms with E-state index in [9.17, 15) is 32.3 Å². The number of amides is 2. The first-order valence-corrected chi connectivity index (χ1v) is 9.16. The molecular formula is C18H15ClF4N2O3S. The molecule has 1 atom stereocenters. The molecule has 0 fully saturated rings. The molecule has 0 unspecified atom stereocenters. The number of benzene rings is 2. The van der Waals surface area contributed by atoms with E-state index in [4.69, 9.17) is 11.6 Å². The zero-order valence-corrected chi connectivity index (χ0v) is 16.6. The van der Waals surface area contributed by atoms with E-state index in [0.29, 0.717) is 16.7 Å². The van der Waals surface area contributed by atoms with Gasteiger partial charge in [-0.25, -0.2) is 4.39 Å². The summed E-state index contributed by atoms with van der Waals surface area (Å²) in [4.78, 5) is 24.4. The first kappa shape index (κ1) is 23.0. The second-order valence-corrected chi connectivity index (χ2v) is 7.55. The van der Waals surface area contributed by atoms with Gasteiger partial charge in [-0.05, 0) is 43.3 Å². The van der Waals surface area contributed by atoms with Crippen molar-refractivity contribution in [1.29, 1.82) is 0 Å². The maximum absolute atomic E-state index is 13.1. The van der Waals surface area contributed by atoms with E-state index in [1.54, 1.807) is 0 Å². The van der Waals surface area contributed by atoms with Gasteiger partial charge in [0.1, 0.15) is 5.82 Å². The molecule has 5 nitrogen and oxygen atoms in total. The van der Waals surface area contributed by atoms with E-state index in [0.717, 1.165) is 11.8 Å². The van der Waals surface area contributed by atoms with Crippen molar-refractivity contribution in [2.45, 2.75) is 35.4 Å². The molecule has 0 aliphatic rings. The Morgan fingerprint density at radius 2 is 1.66 bits per heavy atom. The first-order valence-electron chi connectivity index (χ1n) is 7.97. The number of aliphatic hydroxyl groups is 1. The Hall–Kier alpha value is -2.30. The molecule has 11 heteroatoms. The molecule has 2 aromatic carbocycles. The monoisotopic (exact) mass is 450 g/mol. The normalized spacial score (nSPS) is 13.5. The molecule has 0 saturated carbocycles. The van der Waals surface area contributed by atoms with Crippen molar-refractivity contribution in [3.8, 4) is 0 Å². The summed E-state index contributed by atoms with van der Waals surface area (Å²) in [6, 6.07) is 8.07. The molecule has 0 heterocycles. The number of halogens is 5. The van der Waals surface area contributed by atoms with Gasteiger partial charge in [0.25, 0.3) is 5.91 Å². The Morgan fingerprint density at radius 1 is 1.07 bits per heavy atom. The predicted octanol–water partition coefficient (Wildman–Crippen LogP) is 4.84. The van der Waals surface area contributed by atoms with Crippen LogP contribution in [0.4, 0.5) is 28.9 Å². The third-order valence-electron chi connectivity index (χ3n) is 3.69. The molecule has 0 aliphatic heterocycles. The van der Waals surface area contributed by atoms with Crippen LogP contribution in [0.3, 0.4) is 0 Å². The van der Waals surface area contributed by atoms with E-state index < -0.39 is 29.4 Å². The van der Waals surface area contributed by atoms with E-state index in [2.05, 4.69) is 5.32 Å². The minimum Gasteiger partial charge on any atom is -0.373 e. The summed E-state index contributed by atoms with van der Waals surface area (Å²) in [5, 5.41) is 13.6. The number of hydrogen-bond donors (Lipinski definition) is 3. The highest BCUT2D eigenvalue weighted by Crippen LogP contribution is 2.42. The van der Waals surface area contributed by atoms with Crippen LogP contribution in [0.25, 0.3) is 0 Å². The fraction of sp³-hybridized carbons (Fsp3) is 0.222. The van der Waals surface area contributed by atoms with Crippen LogP contribution >= 0.6 is 23.4 Å². The Balaban J connectivity index is 2.40. The minimum atomic E-state index is -5.21. The van der Waals surface area contributed by atoms with E-state index in [1.807, 2.05) is 5.32 Å². The number of rotatable bonds is 5. The van der Waals surface area contributed by atoms with Crippen molar-refractivity contribution in [3.63, 3.8) is 0 Å².